The first kappa shape index (κ1) is 26.2. The van der Waals surface area contributed by atoms with Gasteiger partial charge in [0.25, 0.3) is 0 Å². The van der Waals surface area contributed by atoms with Crippen LogP contribution in [0.15, 0.2) is 48.7 Å². The summed E-state index contributed by atoms with van der Waals surface area (Å²) in [5.74, 6) is -0.522. The largest absolute Gasteiger partial charge is 0.435 e. The number of hydrogen-bond acceptors (Lipinski definition) is 5. The molecule has 0 N–H and O–H groups in total. The number of carbonyl (C=O) groups is 1. The fourth-order valence-electron chi connectivity index (χ4n) is 5.42. The van der Waals surface area contributed by atoms with E-state index in [-0.39, 0.29) is 23.4 Å². The number of likely N-dealkylation sites (N-methyl/N-ethyl adjacent to an activating group) is 1. The molecule has 1 fully saturated rings. The number of nitriles is 1. The summed E-state index contributed by atoms with van der Waals surface area (Å²) in [6.07, 6.45) is 2.47. The highest BCUT2D eigenvalue weighted by molar-refractivity contribution is 7.12. The van der Waals surface area contributed by atoms with E-state index in [9.17, 15) is 23.2 Å². The molecule has 0 radical (unpaired) electrons. The van der Waals surface area contributed by atoms with Crippen molar-refractivity contribution in [1.29, 1.82) is 5.26 Å². The zero-order valence-corrected chi connectivity index (χ0v) is 22.0. The Hall–Kier alpha value is -3.42. The Labute approximate surface area is 223 Å². The monoisotopic (exact) mass is 539 g/mol. The van der Waals surface area contributed by atoms with Crippen LogP contribution in [-0.4, -0.2) is 51.7 Å². The maximum Gasteiger partial charge on any atom is 0.435 e. The quantitative estimate of drug-likeness (QED) is 0.394. The van der Waals surface area contributed by atoms with Crippen molar-refractivity contribution in [2.45, 2.75) is 51.0 Å². The summed E-state index contributed by atoms with van der Waals surface area (Å²) >= 11 is 1.33. The summed E-state index contributed by atoms with van der Waals surface area (Å²) in [7, 11) is 2.04. The average Bonchev–Trinajstić information content (AvgIpc) is 3.64. The molecule has 198 valence electrons. The summed E-state index contributed by atoms with van der Waals surface area (Å²) in [6, 6.07) is 11.2. The second-order valence-electron chi connectivity index (χ2n) is 9.75. The highest BCUT2D eigenvalue weighted by Crippen LogP contribution is 2.44. The lowest BCUT2D eigenvalue weighted by Crippen LogP contribution is -2.37. The number of aryl methyl sites for hydroxylation is 1. The van der Waals surface area contributed by atoms with E-state index in [1.807, 2.05) is 25.3 Å². The minimum atomic E-state index is -4.61. The Morgan fingerprint density at radius 3 is 2.74 bits per heavy atom. The van der Waals surface area contributed by atoms with Gasteiger partial charge in [-0.05, 0) is 56.1 Å². The van der Waals surface area contributed by atoms with E-state index < -0.39 is 11.9 Å². The highest BCUT2D eigenvalue weighted by Gasteiger charge is 2.39. The number of halogens is 3. The predicted octanol–water partition coefficient (Wildman–Crippen LogP) is 5.65. The number of aromatic nitrogens is 2. The number of fused-ring (bicyclic) bond motifs is 1. The van der Waals surface area contributed by atoms with Crippen molar-refractivity contribution in [2.24, 2.45) is 0 Å². The third kappa shape index (κ3) is 5.00. The van der Waals surface area contributed by atoms with Gasteiger partial charge in [-0.25, -0.2) is 0 Å². The van der Waals surface area contributed by atoms with Crippen LogP contribution >= 0.6 is 11.3 Å². The van der Waals surface area contributed by atoms with Crippen LogP contribution in [-0.2, 0) is 24.1 Å². The molecule has 38 heavy (non-hydrogen) atoms. The van der Waals surface area contributed by atoms with E-state index in [0.29, 0.717) is 35.6 Å². The van der Waals surface area contributed by atoms with E-state index in [0.717, 1.165) is 29.8 Å². The van der Waals surface area contributed by atoms with Gasteiger partial charge in [0.1, 0.15) is 10.9 Å². The van der Waals surface area contributed by atoms with Gasteiger partial charge in [-0.2, -0.15) is 23.5 Å². The van der Waals surface area contributed by atoms with Crippen molar-refractivity contribution in [3.8, 4) is 17.2 Å². The molecule has 1 saturated heterocycles. The summed E-state index contributed by atoms with van der Waals surface area (Å²) in [5, 5.41) is 13.4. The molecule has 3 aromatic rings. The van der Waals surface area contributed by atoms with Crippen LogP contribution in [0.5, 0.6) is 0 Å². The Balaban J connectivity index is 1.56. The molecule has 2 aliphatic rings. The summed E-state index contributed by atoms with van der Waals surface area (Å²) < 4.78 is 43.2. The smallest absolute Gasteiger partial charge is 0.333 e. The summed E-state index contributed by atoms with van der Waals surface area (Å²) in [5.41, 5.74) is 1.08. The number of alkyl halides is 3. The van der Waals surface area contributed by atoms with Crippen LogP contribution in [0.25, 0.3) is 11.1 Å². The zero-order valence-electron chi connectivity index (χ0n) is 21.2. The molecule has 2 atom stereocenters. The average molecular weight is 540 g/mol. The first-order chi connectivity index (χ1) is 18.2. The topological polar surface area (TPSA) is 65.2 Å². The van der Waals surface area contributed by atoms with Crippen LogP contribution in [0.4, 0.5) is 13.2 Å². The van der Waals surface area contributed by atoms with Crippen LogP contribution in [0.2, 0.25) is 0 Å². The van der Waals surface area contributed by atoms with E-state index in [4.69, 9.17) is 0 Å². The maximum atomic E-state index is 14.0. The molecule has 0 aliphatic carbocycles. The standard InChI is InChI=1S/C28H28F3N5OS/c1-3-36-16-24(27(33-36)28(29,30)31)21-9-5-4-8-20(21)23-15-35(17-25-22(23)13-19(14-32)38-25)26(37)11-10-18-7-6-12-34(18)2/h4-5,8-11,13,16,18,23H,3,6-7,12,15,17H2,1-2H3/b11-10+/t18-,23-/m0/s1. The molecule has 0 saturated carbocycles. The number of amides is 1. The number of carbonyl (C=O) groups excluding carboxylic acids is 1. The number of benzene rings is 1. The number of likely N-dealkylation sites (tertiary alicyclic amines) is 1. The summed E-state index contributed by atoms with van der Waals surface area (Å²) in [6.45, 7) is 3.71. The van der Waals surface area contributed by atoms with Crippen molar-refractivity contribution in [2.75, 3.05) is 20.1 Å². The van der Waals surface area contributed by atoms with Crippen LogP contribution in [0.1, 0.15) is 52.3 Å². The third-order valence-electron chi connectivity index (χ3n) is 7.39. The number of nitrogens with zero attached hydrogens (tertiary/aromatic N) is 5. The molecule has 1 aromatic carbocycles. The number of hydrogen-bond donors (Lipinski definition) is 0. The molecule has 0 unspecified atom stereocenters. The molecule has 4 heterocycles. The Morgan fingerprint density at radius 1 is 1.26 bits per heavy atom. The van der Waals surface area contributed by atoms with Gasteiger partial charge in [-0.1, -0.05) is 30.3 Å². The fourth-order valence-corrected chi connectivity index (χ4v) is 6.46. The lowest BCUT2D eigenvalue weighted by molar-refractivity contribution is -0.141. The van der Waals surface area contributed by atoms with Gasteiger partial charge in [0.15, 0.2) is 5.69 Å². The van der Waals surface area contributed by atoms with E-state index >= 15 is 0 Å². The second-order valence-corrected chi connectivity index (χ2v) is 10.9. The molecular formula is C28H28F3N5OS. The lowest BCUT2D eigenvalue weighted by Gasteiger charge is -2.33. The van der Waals surface area contributed by atoms with Gasteiger partial charge in [0.05, 0.1) is 6.54 Å². The van der Waals surface area contributed by atoms with Gasteiger partial charge in [0.2, 0.25) is 5.91 Å². The van der Waals surface area contributed by atoms with Crippen molar-refractivity contribution in [3.05, 3.63) is 75.3 Å². The molecule has 1 amide bonds. The molecule has 2 aliphatic heterocycles. The molecule has 5 rings (SSSR count). The zero-order chi connectivity index (χ0) is 27.0. The van der Waals surface area contributed by atoms with E-state index in [1.54, 1.807) is 36.1 Å². The van der Waals surface area contributed by atoms with Gasteiger partial charge in [0, 0.05) is 47.8 Å². The Bertz CT molecular complexity index is 1420. The molecule has 0 bridgehead atoms. The maximum absolute atomic E-state index is 14.0. The van der Waals surface area contributed by atoms with Crippen molar-refractivity contribution < 1.29 is 18.0 Å². The third-order valence-corrected chi connectivity index (χ3v) is 8.44. The first-order valence-corrected chi connectivity index (χ1v) is 13.4. The normalized spacial score (nSPS) is 20.2. The first-order valence-electron chi connectivity index (χ1n) is 12.6. The fraction of sp³-hybridized carbons (Fsp3) is 0.393. The minimum absolute atomic E-state index is 0.0138. The molecule has 0 spiro atoms. The Morgan fingerprint density at radius 2 is 2.05 bits per heavy atom. The van der Waals surface area contributed by atoms with Crippen molar-refractivity contribution in [1.82, 2.24) is 19.6 Å². The second kappa shape index (κ2) is 10.4. The molecule has 6 nitrogen and oxygen atoms in total. The number of thiophene rings is 1. The SMILES string of the molecule is CCn1cc(-c2ccccc2[C@@H]2CN(C(=O)/C=C/[C@@H]3CCCN3C)Cc3sc(C#N)cc32)c(C(F)(F)F)n1. The van der Waals surface area contributed by atoms with Gasteiger partial charge in [-0.3, -0.25) is 14.4 Å². The minimum Gasteiger partial charge on any atom is -0.333 e. The van der Waals surface area contributed by atoms with Crippen molar-refractivity contribution in [3.63, 3.8) is 0 Å². The van der Waals surface area contributed by atoms with Gasteiger partial charge >= 0.3 is 6.18 Å². The lowest BCUT2D eigenvalue weighted by atomic mass is 9.83. The van der Waals surface area contributed by atoms with Crippen LogP contribution in [0.3, 0.4) is 0 Å². The Kier molecular flexibility index (Phi) is 7.16. The van der Waals surface area contributed by atoms with Crippen LogP contribution in [0, 0.1) is 11.3 Å². The van der Waals surface area contributed by atoms with Crippen LogP contribution < -0.4 is 0 Å². The molecular weight excluding hydrogens is 511 g/mol. The van der Waals surface area contributed by atoms with Gasteiger partial charge < -0.3 is 4.90 Å². The highest BCUT2D eigenvalue weighted by atomic mass is 32.1. The molecule has 10 heteroatoms. The van der Waals surface area contributed by atoms with Gasteiger partial charge in [-0.15, -0.1) is 11.3 Å². The number of rotatable bonds is 5. The van der Waals surface area contributed by atoms with Crippen molar-refractivity contribution >= 4 is 17.2 Å². The molecule has 2 aromatic heterocycles. The summed E-state index contributed by atoms with van der Waals surface area (Å²) in [4.78, 5) is 18.6. The predicted molar refractivity (Wildman–Crippen MR) is 139 cm³/mol. The van der Waals surface area contributed by atoms with E-state index in [2.05, 4.69) is 16.1 Å². The van der Waals surface area contributed by atoms with E-state index in [1.165, 1.54) is 22.2 Å².